The number of hydrogen-bond acceptors (Lipinski definition) is 2. The SMILES string of the molecule is CC(CC(=O)NC1(C(=O)O)CCC1)c1ccccc1. The van der Waals surface area contributed by atoms with Gasteiger partial charge in [0.2, 0.25) is 5.91 Å². The summed E-state index contributed by atoms with van der Waals surface area (Å²) in [6.45, 7) is 1.98. The average molecular weight is 261 g/mol. The van der Waals surface area contributed by atoms with Gasteiger partial charge in [0.05, 0.1) is 0 Å². The minimum absolute atomic E-state index is 0.0899. The molecule has 1 amide bonds. The lowest BCUT2D eigenvalue weighted by Crippen LogP contribution is -2.59. The maximum absolute atomic E-state index is 12.0. The molecule has 0 bridgehead atoms. The van der Waals surface area contributed by atoms with Gasteiger partial charge in [-0.15, -0.1) is 0 Å². The fraction of sp³-hybridized carbons (Fsp3) is 0.467. The summed E-state index contributed by atoms with van der Waals surface area (Å²) in [6, 6.07) is 9.77. The third kappa shape index (κ3) is 2.95. The minimum Gasteiger partial charge on any atom is -0.480 e. The van der Waals surface area contributed by atoms with Crippen molar-refractivity contribution in [1.82, 2.24) is 5.32 Å². The van der Waals surface area contributed by atoms with Crippen molar-refractivity contribution < 1.29 is 14.7 Å². The fourth-order valence-corrected chi connectivity index (χ4v) is 2.42. The molecule has 1 fully saturated rings. The molecule has 19 heavy (non-hydrogen) atoms. The van der Waals surface area contributed by atoms with Gasteiger partial charge in [-0.2, -0.15) is 0 Å². The van der Waals surface area contributed by atoms with E-state index in [4.69, 9.17) is 5.11 Å². The first-order valence-electron chi connectivity index (χ1n) is 6.63. The summed E-state index contributed by atoms with van der Waals surface area (Å²) in [5, 5.41) is 11.9. The quantitative estimate of drug-likeness (QED) is 0.854. The van der Waals surface area contributed by atoms with E-state index in [9.17, 15) is 9.59 Å². The molecule has 0 saturated heterocycles. The molecule has 4 nitrogen and oxygen atoms in total. The third-order valence-electron chi connectivity index (χ3n) is 3.86. The lowest BCUT2D eigenvalue weighted by molar-refractivity contribution is -0.151. The zero-order valence-electron chi connectivity index (χ0n) is 11.1. The van der Waals surface area contributed by atoms with Gasteiger partial charge in [-0.25, -0.2) is 4.79 Å². The molecule has 4 heteroatoms. The second-order valence-corrected chi connectivity index (χ2v) is 5.30. The fourth-order valence-electron chi connectivity index (χ4n) is 2.42. The standard InChI is InChI=1S/C15H19NO3/c1-11(12-6-3-2-4-7-12)10-13(17)16-15(14(18)19)8-5-9-15/h2-4,6-7,11H,5,8-10H2,1H3,(H,16,17)(H,18,19). The number of benzene rings is 1. The molecular formula is C15H19NO3. The molecule has 2 rings (SSSR count). The number of rotatable bonds is 5. The monoisotopic (exact) mass is 261 g/mol. The number of carbonyl (C=O) groups excluding carboxylic acids is 1. The van der Waals surface area contributed by atoms with Crippen LogP contribution in [0.2, 0.25) is 0 Å². The molecular weight excluding hydrogens is 242 g/mol. The second kappa shape index (κ2) is 5.43. The number of carbonyl (C=O) groups is 2. The van der Waals surface area contributed by atoms with Crippen molar-refractivity contribution in [1.29, 1.82) is 0 Å². The molecule has 1 atom stereocenters. The van der Waals surface area contributed by atoms with Crippen LogP contribution in [0.15, 0.2) is 30.3 Å². The highest BCUT2D eigenvalue weighted by atomic mass is 16.4. The molecule has 0 aromatic heterocycles. The van der Waals surface area contributed by atoms with Crippen molar-refractivity contribution in [3.05, 3.63) is 35.9 Å². The molecule has 1 aromatic rings. The van der Waals surface area contributed by atoms with Crippen molar-refractivity contribution in [3.8, 4) is 0 Å². The Morgan fingerprint density at radius 1 is 1.32 bits per heavy atom. The molecule has 2 N–H and O–H groups in total. The van der Waals surface area contributed by atoms with Crippen molar-refractivity contribution in [2.75, 3.05) is 0 Å². The number of aliphatic carboxylic acids is 1. The van der Waals surface area contributed by atoms with Gasteiger partial charge in [-0.1, -0.05) is 37.3 Å². The Hall–Kier alpha value is -1.84. The van der Waals surface area contributed by atoms with Crippen LogP contribution in [-0.2, 0) is 9.59 Å². The first-order chi connectivity index (χ1) is 9.03. The van der Waals surface area contributed by atoms with Crippen LogP contribution in [0.5, 0.6) is 0 Å². The van der Waals surface area contributed by atoms with Gasteiger partial charge < -0.3 is 10.4 Å². The number of hydrogen-bond donors (Lipinski definition) is 2. The summed E-state index contributed by atoms with van der Waals surface area (Å²) >= 11 is 0. The highest BCUT2D eigenvalue weighted by Crippen LogP contribution is 2.32. The van der Waals surface area contributed by atoms with Gasteiger partial charge in [0.25, 0.3) is 0 Å². The van der Waals surface area contributed by atoms with Gasteiger partial charge in [0.15, 0.2) is 0 Å². The van der Waals surface area contributed by atoms with Crippen LogP contribution in [0.1, 0.15) is 44.1 Å². The molecule has 1 aromatic carbocycles. The van der Waals surface area contributed by atoms with Crippen molar-refractivity contribution in [2.24, 2.45) is 0 Å². The largest absolute Gasteiger partial charge is 0.480 e. The first kappa shape index (κ1) is 13.6. The molecule has 0 spiro atoms. The van der Waals surface area contributed by atoms with E-state index in [0.717, 1.165) is 12.0 Å². The van der Waals surface area contributed by atoms with Gasteiger partial charge in [-0.3, -0.25) is 4.79 Å². The Kier molecular flexibility index (Phi) is 3.88. The summed E-state index contributed by atoms with van der Waals surface area (Å²) in [7, 11) is 0. The highest BCUT2D eigenvalue weighted by molar-refractivity contribution is 5.88. The Bertz CT molecular complexity index is 466. The van der Waals surface area contributed by atoms with Crippen molar-refractivity contribution in [2.45, 2.75) is 44.1 Å². The van der Waals surface area contributed by atoms with E-state index in [-0.39, 0.29) is 11.8 Å². The maximum atomic E-state index is 12.0. The summed E-state index contributed by atoms with van der Waals surface area (Å²) in [4.78, 5) is 23.1. The summed E-state index contributed by atoms with van der Waals surface area (Å²) in [6.07, 6.45) is 2.25. The number of carboxylic acid groups (broad SMARTS) is 1. The number of carboxylic acids is 1. The highest BCUT2D eigenvalue weighted by Gasteiger charge is 2.45. The molecule has 1 unspecified atom stereocenters. The zero-order valence-corrected chi connectivity index (χ0v) is 11.1. The summed E-state index contributed by atoms with van der Waals surface area (Å²) < 4.78 is 0. The summed E-state index contributed by atoms with van der Waals surface area (Å²) in [5.74, 6) is -1.01. The van der Waals surface area contributed by atoms with Crippen LogP contribution < -0.4 is 5.32 Å². The Morgan fingerprint density at radius 2 is 1.95 bits per heavy atom. The van der Waals surface area contributed by atoms with Crippen LogP contribution >= 0.6 is 0 Å². The Morgan fingerprint density at radius 3 is 2.42 bits per heavy atom. The number of nitrogens with one attached hydrogen (secondary N) is 1. The molecule has 1 saturated carbocycles. The Balaban J connectivity index is 1.93. The molecule has 0 radical (unpaired) electrons. The van der Waals surface area contributed by atoms with Gasteiger partial charge in [0.1, 0.15) is 5.54 Å². The smallest absolute Gasteiger partial charge is 0.329 e. The Labute approximate surface area is 112 Å². The van der Waals surface area contributed by atoms with Gasteiger partial charge >= 0.3 is 5.97 Å². The molecule has 1 aliphatic rings. The first-order valence-corrected chi connectivity index (χ1v) is 6.63. The van der Waals surface area contributed by atoms with E-state index in [0.29, 0.717) is 19.3 Å². The van der Waals surface area contributed by atoms with Crippen LogP contribution in [-0.4, -0.2) is 22.5 Å². The van der Waals surface area contributed by atoms with Crippen molar-refractivity contribution >= 4 is 11.9 Å². The van der Waals surface area contributed by atoms with Crippen LogP contribution in [0, 0.1) is 0 Å². The lowest BCUT2D eigenvalue weighted by Gasteiger charge is -2.38. The number of amides is 1. The van der Waals surface area contributed by atoms with Crippen LogP contribution in [0.4, 0.5) is 0 Å². The topological polar surface area (TPSA) is 66.4 Å². The average Bonchev–Trinajstić information content (AvgIpc) is 2.34. The van der Waals surface area contributed by atoms with E-state index in [2.05, 4.69) is 5.32 Å². The van der Waals surface area contributed by atoms with Crippen LogP contribution in [0.25, 0.3) is 0 Å². The predicted molar refractivity (Wildman–Crippen MR) is 71.8 cm³/mol. The second-order valence-electron chi connectivity index (χ2n) is 5.30. The van der Waals surface area contributed by atoms with E-state index in [1.807, 2.05) is 37.3 Å². The zero-order chi connectivity index (χ0) is 13.9. The van der Waals surface area contributed by atoms with E-state index in [1.165, 1.54) is 0 Å². The maximum Gasteiger partial charge on any atom is 0.329 e. The minimum atomic E-state index is -1.01. The lowest BCUT2D eigenvalue weighted by atomic mass is 9.76. The third-order valence-corrected chi connectivity index (χ3v) is 3.86. The molecule has 0 aliphatic heterocycles. The van der Waals surface area contributed by atoms with Crippen molar-refractivity contribution in [3.63, 3.8) is 0 Å². The van der Waals surface area contributed by atoms with E-state index < -0.39 is 11.5 Å². The van der Waals surface area contributed by atoms with E-state index in [1.54, 1.807) is 0 Å². The summed E-state index contributed by atoms with van der Waals surface area (Å²) in [5.41, 5.74) is 0.0867. The van der Waals surface area contributed by atoms with Gasteiger partial charge in [-0.05, 0) is 30.7 Å². The van der Waals surface area contributed by atoms with Gasteiger partial charge in [0, 0.05) is 6.42 Å². The van der Waals surface area contributed by atoms with Crippen LogP contribution in [0.3, 0.4) is 0 Å². The molecule has 1 aliphatic carbocycles. The predicted octanol–water partition coefficient (Wildman–Crippen LogP) is 2.30. The molecule has 102 valence electrons. The van der Waals surface area contributed by atoms with E-state index >= 15 is 0 Å². The molecule has 0 heterocycles. The normalized spacial score (nSPS) is 18.2.